The topological polar surface area (TPSA) is 59.8 Å². The molecule has 33 heavy (non-hydrogen) atoms. The van der Waals surface area contributed by atoms with Crippen molar-refractivity contribution in [2.45, 2.75) is 36.6 Å². The molecule has 0 saturated carbocycles. The van der Waals surface area contributed by atoms with Crippen molar-refractivity contribution in [2.75, 3.05) is 11.1 Å². The first-order chi connectivity index (χ1) is 16.0. The van der Waals surface area contributed by atoms with Crippen molar-refractivity contribution in [2.24, 2.45) is 0 Å². The minimum atomic E-state index is -0.0711. The van der Waals surface area contributed by atoms with Gasteiger partial charge in [-0.1, -0.05) is 59.3 Å². The third kappa shape index (κ3) is 6.27. The van der Waals surface area contributed by atoms with Gasteiger partial charge in [-0.25, -0.2) is 0 Å². The van der Waals surface area contributed by atoms with Crippen LogP contribution < -0.4 is 5.32 Å². The average Bonchev–Trinajstić information content (AvgIpc) is 3.22. The van der Waals surface area contributed by atoms with Gasteiger partial charge in [0.05, 0.1) is 11.5 Å². The number of carbonyl (C=O) groups excluding carboxylic acids is 1. The highest BCUT2D eigenvalue weighted by molar-refractivity contribution is 7.99. The third-order valence-electron chi connectivity index (χ3n) is 5.02. The third-order valence-corrected chi connectivity index (χ3v) is 6.95. The van der Waals surface area contributed by atoms with Gasteiger partial charge in [-0.2, -0.15) is 0 Å². The van der Waals surface area contributed by atoms with E-state index in [0.29, 0.717) is 10.9 Å². The standard InChI is InChI=1S/C26H26N4OS2/c1-18-7-11-21(12-8-18)27-25(31)17-33-26-29-28-24(16-32-23-13-9-19(2)10-14-23)30(26)22-6-4-5-20(3)15-22/h4-15H,16-17H2,1-3H3,(H,27,31). The molecule has 168 valence electrons. The number of nitrogens with one attached hydrogen (secondary N) is 1. The Morgan fingerprint density at radius 1 is 0.848 bits per heavy atom. The van der Waals surface area contributed by atoms with Gasteiger partial charge in [0.2, 0.25) is 5.91 Å². The molecule has 1 aromatic heterocycles. The highest BCUT2D eigenvalue weighted by Gasteiger charge is 2.16. The summed E-state index contributed by atoms with van der Waals surface area (Å²) in [6, 6.07) is 24.5. The summed E-state index contributed by atoms with van der Waals surface area (Å²) in [5.41, 5.74) is 5.35. The number of carbonyl (C=O) groups is 1. The largest absolute Gasteiger partial charge is 0.325 e. The van der Waals surface area contributed by atoms with E-state index in [0.717, 1.165) is 28.3 Å². The molecule has 0 spiro atoms. The van der Waals surface area contributed by atoms with E-state index in [9.17, 15) is 4.79 Å². The van der Waals surface area contributed by atoms with Gasteiger partial charge >= 0.3 is 0 Å². The SMILES string of the molecule is Cc1ccc(NC(=O)CSc2nnc(CSc3ccc(C)cc3)n2-c2cccc(C)c2)cc1. The molecule has 0 atom stereocenters. The monoisotopic (exact) mass is 474 g/mol. The summed E-state index contributed by atoms with van der Waals surface area (Å²) >= 11 is 3.11. The van der Waals surface area contributed by atoms with Crippen LogP contribution in [0.15, 0.2) is 82.8 Å². The summed E-state index contributed by atoms with van der Waals surface area (Å²) in [7, 11) is 0. The Morgan fingerprint density at radius 3 is 2.24 bits per heavy atom. The second kappa shape index (κ2) is 10.7. The minimum Gasteiger partial charge on any atom is -0.325 e. The lowest BCUT2D eigenvalue weighted by atomic mass is 10.2. The summed E-state index contributed by atoms with van der Waals surface area (Å²) in [5.74, 6) is 1.72. The first kappa shape index (κ1) is 23.1. The van der Waals surface area contributed by atoms with Crippen LogP contribution in [0.5, 0.6) is 0 Å². The Labute approximate surface area is 203 Å². The molecule has 7 heteroatoms. The fourth-order valence-corrected chi connectivity index (χ4v) is 4.84. The van der Waals surface area contributed by atoms with Crippen molar-refractivity contribution in [3.8, 4) is 5.69 Å². The van der Waals surface area contributed by atoms with Crippen LogP contribution in [0.2, 0.25) is 0 Å². The molecule has 0 aliphatic heterocycles. The van der Waals surface area contributed by atoms with E-state index in [1.165, 1.54) is 22.2 Å². The molecule has 5 nitrogen and oxygen atoms in total. The van der Waals surface area contributed by atoms with Gasteiger partial charge in [0, 0.05) is 16.3 Å². The molecule has 0 saturated heterocycles. The number of hydrogen-bond acceptors (Lipinski definition) is 5. The number of rotatable bonds is 8. The molecule has 0 radical (unpaired) electrons. The first-order valence-corrected chi connectivity index (χ1v) is 12.7. The molecule has 3 aromatic carbocycles. The van der Waals surface area contributed by atoms with E-state index in [4.69, 9.17) is 0 Å². The Bertz CT molecular complexity index is 1230. The minimum absolute atomic E-state index is 0.0711. The van der Waals surface area contributed by atoms with Crippen LogP contribution >= 0.6 is 23.5 Å². The molecule has 4 aromatic rings. The van der Waals surface area contributed by atoms with Crippen molar-refractivity contribution in [1.82, 2.24) is 14.8 Å². The Hall–Kier alpha value is -3.03. The molecule has 0 bridgehead atoms. The molecular weight excluding hydrogens is 448 g/mol. The predicted octanol–water partition coefficient (Wildman–Crippen LogP) is 6.22. The van der Waals surface area contributed by atoms with Gasteiger partial charge in [0.1, 0.15) is 5.82 Å². The van der Waals surface area contributed by atoms with Gasteiger partial charge in [0.25, 0.3) is 0 Å². The van der Waals surface area contributed by atoms with Crippen LogP contribution in [0.1, 0.15) is 22.5 Å². The second-order valence-corrected chi connectivity index (χ2v) is 9.87. The van der Waals surface area contributed by atoms with Crippen molar-refractivity contribution >= 4 is 35.1 Å². The van der Waals surface area contributed by atoms with E-state index < -0.39 is 0 Å². The van der Waals surface area contributed by atoms with E-state index in [1.807, 2.05) is 43.3 Å². The van der Waals surface area contributed by atoms with E-state index >= 15 is 0 Å². The highest BCUT2D eigenvalue weighted by Crippen LogP contribution is 2.28. The molecule has 0 aliphatic carbocycles. The van der Waals surface area contributed by atoms with Crippen LogP contribution in [0.3, 0.4) is 0 Å². The zero-order chi connectivity index (χ0) is 23.2. The summed E-state index contributed by atoms with van der Waals surface area (Å²) in [6.07, 6.45) is 0. The normalized spacial score (nSPS) is 10.9. The number of amides is 1. The molecular formula is C26H26N4OS2. The Morgan fingerprint density at radius 2 is 1.55 bits per heavy atom. The van der Waals surface area contributed by atoms with E-state index in [2.05, 4.69) is 70.3 Å². The maximum Gasteiger partial charge on any atom is 0.234 e. The molecule has 1 amide bonds. The Kier molecular flexibility index (Phi) is 7.52. The number of nitrogens with zero attached hydrogens (tertiary/aromatic N) is 3. The zero-order valence-corrected chi connectivity index (χ0v) is 20.5. The van der Waals surface area contributed by atoms with Gasteiger partial charge in [-0.15, -0.1) is 22.0 Å². The number of anilines is 1. The molecule has 0 fully saturated rings. The maximum absolute atomic E-state index is 12.5. The fraction of sp³-hybridized carbons (Fsp3) is 0.192. The van der Waals surface area contributed by atoms with E-state index in [-0.39, 0.29) is 11.7 Å². The van der Waals surface area contributed by atoms with E-state index in [1.54, 1.807) is 11.8 Å². The molecule has 0 aliphatic rings. The molecule has 1 N–H and O–H groups in total. The highest BCUT2D eigenvalue weighted by atomic mass is 32.2. The fourth-order valence-electron chi connectivity index (χ4n) is 3.26. The second-order valence-electron chi connectivity index (χ2n) is 7.88. The number of hydrogen-bond donors (Lipinski definition) is 1. The first-order valence-electron chi connectivity index (χ1n) is 10.7. The molecule has 1 heterocycles. The van der Waals surface area contributed by atoms with Crippen LogP contribution in [0, 0.1) is 20.8 Å². The van der Waals surface area contributed by atoms with Crippen LogP contribution in [0.4, 0.5) is 5.69 Å². The summed E-state index contributed by atoms with van der Waals surface area (Å²) in [5, 5.41) is 12.5. The Balaban J connectivity index is 1.51. The lowest BCUT2D eigenvalue weighted by Gasteiger charge is -2.11. The number of thioether (sulfide) groups is 2. The maximum atomic E-state index is 12.5. The van der Waals surface area contributed by atoms with Gasteiger partial charge in [-0.3, -0.25) is 9.36 Å². The van der Waals surface area contributed by atoms with Crippen molar-refractivity contribution in [1.29, 1.82) is 0 Å². The van der Waals surface area contributed by atoms with Crippen molar-refractivity contribution in [3.05, 3.63) is 95.3 Å². The van der Waals surface area contributed by atoms with Gasteiger partial charge in [0.15, 0.2) is 5.16 Å². The predicted molar refractivity (Wildman–Crippen MR) is 137 cm³/mol. The lowest BCUT2D eigenvalue weighted by molar-refractivity contribution is -0.113. The smallest absolute Gasteiger partial charge is 0.234 e. The van der Waals surface area contributed by atoms with Crippen molar-refractivity contribution < 1.29 is 4.79 Å². The lowest BCUT2D eigenvalue weighted by Crippen LogP contribution is -2.14. The summed E-state index contributed by atoms with van der Waals surface area (Å²) in [6.45, 7) is 6.17. The van der Waals surface area contributed by atoms with Crippen LogP contribution in [-0.4, -0.2) is 26.4 Å². The molecule has 4 rings (SSSR count). The average molecular weight is 475 g/mol. The van der Waals surface area contributed by atoms with Gasteiger partial charge < -0.3 is 5.32 Å². The zero-order valence-electron chi connectivity index (χ0n) is 18.9. The number of benzene rings is 3. The quantitative estimate of drug-likeness (QED) is 0.307. The summed E-state index contributed by atoms with van der Waals surface area (Å²) in [4.78, 5) is 13.7. The number of aryl methyl sites for hydroxylation is 3. The summed E-state index contributed by atoms with van der Waals surface area (Å²) < 4.78 is 2.05. The van der Waals surface area contributed by atoms with Crippen LogP contribution in [-0.2, 0) is 10.5 Å². The van der Waals surface area contributed by atoms with Crippen molar-refractivity contribution in [3.63, 3.8) is 0 Å². The van der Waals surface area contributed by atoms with Gasteiger partial charge in [-0.05, 0) is 62.7 Å². The van der Waals surface area contributed by atoms with Crippen LogP contribution in [0.25, 0.3) is 5.69 Å². The number of aromatic nitrogens is 3. The molecule has 0 unspecified atom stereocenters.